The summed E-state index contributed by atoms with van der Waals surface area (Å²) in [5.74, 6) is 0.981. The van der Waals surface area contributed by atoms with E-state index in [-0.39, 0.29) is 0 Å². The van der Waals surface area contributed by atoms with Crippen molar-refractivity contribution in [2.45, 2.75) is 26.7 Å². The smallest absolute Gasteiger partial charge is 0.122 e. The summed E-state index contributed by atoms with van der Waals surface area (Å²) in [4.78, 5) is 0. The lowest BCUT2D eigenvalue weighted by atomic mass is 10.0. The zero-order valence-electron chi connectivity index (χ0n) is 11.4. The monoisotopic (exact) mass is 240 g/mol. The van der Waals surface area contributed by atoms with E-state index < -0.39 is 0 Å². The first-order chi connectivity index (χ1) is 8.78. The molecule has 2 aromatic rings. The second-order valence-electron chi connectivity index (χ2n) is 4.43. The molecule has 0 aromatic heterocycles. The maximum atomic E-state index is 5.44. The van der Waals surface area contributed by atoms with Crippen LogP contribution in [0.4, 0.5) is 0 Å². The molecule has 0 amide bonds. The third-order valence-corrected chi connectivity index (χ3v) is 3.36. The largest absolute Gasteiger partial charge is 0.496 e. The van der Waals surface area contributed by atoms with Crippen LogP contribution in [0.25, 0.3) is 11.1 Å². The molecular weight excluding hydrogens is 220 g/mol. The average Bonchev–Trinajstić information content (AvgIpc) is 2.46. The van der Waals surface area contributed by atoms with Crippen LogP contribution in [0.5, 0.6) is 5.75 Å². The fourth-order valence-corrected chi connectivity index (χ4v) is 2.15. The molecule has 0 fully saturated rings. The van der Waals surface area contributed by atoms with Gasteiger partial charge in [0, 0.05) is 0 Å². The Morgan fingerprint density at radius 1 is 0.833 bits per heavy atom. The van der Waals surface area contributed by atoms with Gasteiger partial charge in [-0.3, -0.25) is 0 Å². The quantitative estimate of drug-likeness (QED) is 0.765. The van der Waals surface area contributed by atoms with Crippen molar-refractivity contribution < 1.29 is 4.74 Å². The summed E-state index contributed by atoms with van der Waals surface area (Å²) in [6.07, 6.45) is 2.08. The lowest BCUT2D eigenvalue weighted by Gasteiger charge is -2.10. The van der Waals surface area contributed by atoms with Crippen molar-refractivity contribution in [1.29, 1.82) is 0 Å². The standard InChI is InChI=1S/C17H20O/c1-4-13-6-8-15(9-7-13)16-11-10-14(5-2)17(12-16)18-3/h6-12H,4-5H2,1-3H3. The molecule has 1 nitrogen and oxygen atoms in total. The Kier molecular flexibility index (Phi) is 4.03. The van der Waals surface area contributed by atoms with E-state index in [0.717, 1.165) is 18.6 Å². The van der Waals surface area contributed by atoms with Gasteiger partial charge < -0.3 is 4.74 Å². The number of hydrogen-bond donors (Lipinski definition) is 0. The van der Waals surface area contributed by atoms with Crippen LogP contribution in [0.3, 0.4) is 0 Å². The van der Waals surface area contributed by atoms with Crippen LogP contribution in [0.2, 0.25) is 0 Å². The Morgan fingerprint density at radius 3 is 2.06 bits per heavy atom. The summed E-state index contributed by atoms with van der Waals surface area (Å²) >= 11 is 0. The van der Waals surface area contributed by atoms with E-state index in [0.29, 0.717) is 0 Å². The molecule has 0 aliphatic heterocycles. The maximum Gasteiger partial charge on any atom is 0.122 e. The van der Waals surface area contributed by atoms with Gasteiger partial charge in [0.15, 0.2) is 0 Å². The Morgan fingerprint density at radius 2 is 1.50 bits per heavy atom. The van der Waals surface area contributed by atoms with E-state index >= 15 is 0 Å². The van der Waals surface area contributed by atoms with E-state index in [9.17, 15) is 0 Å². The molecule has 0 radical (unpaired) electrons. The van der Waals surface area contributed by atoms with Crippen LogP contribution in [0, 0.1) is 0 Å². The van der Waals surface area contributed by atoms with Crippen molar-refractivity contribution in [3.8, 4) is 16.9 Å². The first-order valence-corrected chi connectivity index (χ1v) is 6.54. The first kappa shape index (κ1) is 12.7. The first-order valence-electron chi connectivity index (χ1n) is 6.54. The van der Waals surface area contributed by atoms with Crippen molar-refractivity contribution in [2.24, 2.45) is 0 Å². The summed E-state index contributed by atoms with van der Waals surface area (Å²) in [5, 5.41) is 0. The Labute approximate surface area is 109 Å². The van der Waals surface area contributed by atoms with Crippen molar-refractivity contribution in [3.05, 3.63) is 53.6 Å². The van der Waals surface area contributed by atoms with Gasteiger partial charge in [0.2, 0.25) is 0 Å². The highest BCUT2D eigenvalue weighted by Crippen LogP contribution is 2.27. The molecule has 0 bridgehead atoms. The zero-order valence-corrected chi connectivity index (χ0v) is 11.4. The minimum Gasteiger partial charge on any atom is -0.496 e. The van der Waals surface area contributed by atoms with Gasteiger partial charge in [0.05, 0.1) is 7.11 Å². The van der Waals surface area contributed by atoms with Gasteiger partial charge in [-0.15, -0.1) is 0 Å². The van der Waals surface area contributed by atoms with Gasteiger partial charge in [0.1, 0.15) is 5.75 Å². The number of ether oxygens (including phenoxy) is 1. The zero-order chi connectivity index (χ0) is 13.0. The summed E-state index contributed by atoms with van der Waals surface area (Å²) in [6, 6.07) is 15.2. The number of methoxy groups -OCH3 is 1. The predicted molar refractivity (Wildman–Crippen MR) is 77.2 cm³/mol. The minimum absolute atomic E-state index is 0.981. The van der Waals surface area contributed by atoms with Crippen molar-refractivity contribution in [1.82, 2.24) is 0 Å². The summed E-state index contributed by atoms with van der Waals surface area (Å²) in [6.45, 7) is 4.32. The van der Waals surface area contributed by atoms with E-state index in [1.165, 1.54) is 22.3 Å². The number of rotatable bonds is 4. The molecule has 1 heteroatoms. The molecule has 0 aliphatic carbocycles. The second-order valence-corrected chi connectivity index (χ2v) is 4.43. The summed E-state index contributed by atoms with van der Waals surface area (Å²) < 4.78 is 5.44. The van der Waals surface area contributed by atoms with Crippen molar-refractivity contribution in [3.63, 3.8) is 0 Å². The van der Waals surface area contributed by atoms with Gasteiger partial charge >= 0.3 is 0 Å². The Hall–Kier alpha value is -1.76. The normalized spacial score (nSPS) is 10.4. The molecule has 0 N–H and O–H groups in total. The average molecular weight is 240 g/mol. The molecule has 0 saturated carbocycles. The molecule has 2 rings (SSSR count). The third kappa shape index (κ3) is 2.56. The van der Waals surface area contributed by atoms with Crippen molar-refractivity contribution in [2.75, 3.05) is 7.11 Å². The molecule has 2 aromatic carbocycles. The SMILES string of the molecule is CCc1ccc(-c2ccc(CC)c(OC)c2)cc1. The molecule has 0 atom stereocenters. The number of hydrogen-bond acceptors (Lipinski definition) is 1. The molecule has 18 heavy (non-hydrogen) atoms. The highest BCUT2D eigenvalue weighted by atomic mass is 16.5. The maximum absolute atomic E-state index is 5.44. The minimum atomic E-state index is 0.981. The van der Waals surface area contributed by atoms with Gasteiger partial charge in [-0.25, -0.2) is 0 Å². The highest BCUT2D eigenvalue weighted by molar-refractivity contribution is 5.66. The fraction of sp³-hybridized carbons (Fsp3) is 0.294. The Balaban J connectivity index is 2.37. The van der Waals surface area contributed by atoms with Gasteiger partial charge in [-0.1, -0.05) is 50.2 Å². The molecule has 0 heterocycles. The lowest BCUT2D eigenvalue weighted by molar-refractivity contribution is 0.410. The summed E-state index contributed by atoms with van der Waals surface area (Å²) in [5.41, 5.74) is 5.09. The van der Waals surface area contributed by atoms with Gasteiger partial charge in [-0.05, 0) is 41.2 Å². The summed E-state index contributed by atoms with van der Waals surface area (Å²) in [7, 11) is 1.73. The van der Waals surface area contributed by atoms with E-state index in [1.54, 1.807) is 7.11 Å². The highest BCUT2D eigenvalue weighted by Gasteiger charge is 2.04. The van der Waals surface area contributed by atoms with Crippen molar-refractivity contribution >= 4 is 0 Å². The lowest BCUT2D eigenvalue weighted by Crippen LogP contribution is -1.91. The van der Waals surface area contributed by atoms with Crippen LogP contribution < -0.4 is 4.74 Å². The molecular formula is C17H20O. The molecule has 0 spiro atoms. The van der Waals surface area contributed by atoms with E-state index in [2.05, 4.69) is 56.3 Å². The van der Waals surface area contributed by atoms with Crippen LogP contribution in [-0.4, -0.2) is 7.11 Å². The van der Waals surface area contributed by atoms with E-state index in [1.807, 2.05) is 0 Å². The van der Waals surface area contributed by atoms with Gasteiger partial charge in [-0.2, -0.15) is 0 Å². The fourth-order valence-electron chi connectivity index (χ4n) is 2.15. The topological polar surface area (TPSA) is 9.23 Å². The van der Waals surface area contributed by atoms with Gasteiger partial charge in [0.25, 0.3) is 0 Å². The van der Waals surface area contributed by atoms with E-state index in [4.69, 9.17) is 4.74 Å². The molecule has 0 aliphatic rings. The molecule has 94 valence electrons. The molecule has 0 unspecified atom stereocenters. The number of benzene rings is 2. The second kappa shape index (κ2) is 5.72. The number of aryl methyl sites for hydroxylation is 2. The van der Waals surface area contributed by atoms with Crippen LogP contribution in [-0.2, 0) is 12.8 Å². The molecule has 0 saturated heterocycles. The van der Waals surface area contributed by atoms with Crippen LogP contribution in [0.15, 0.2) is 42.5 Å². The third-order valence-electron chi connectivity index (χ3n) is 3.36. The van der Waals surface area contributed by atoms with Crippen LogP contribution >= 0.6 is 0 Å². The van der Waals surface area contributed by atoms with Crippen LogP contribution in [0.1, 0.15) is 25.0 Å². The predicted octanol–water partition coefficient (Wildman–Crippen LogP) is 4.49. The Bertz CT molecular complexity index is 512.